The van der Waals surface area contributed by atoms with E-state index in [0.29, 0.717) is 0 Å². The number of ether oxygens (including phenoxy) is 1. The highest BCUT2D eigenvalue weighted by atomic mass is 16.5. The van der Waals surface area contributed by atoms with Crippen LogP contribution in [0.15, 0.2) is 0 Å². The summed E-state index contributed by atoms with van der Waals surface area (Å²) in [5.41, 5.74) is 0. The molecule has 14 heavy (non-hydrogen) atoms. The van der Waals surface area contributed by atoms with Crippen LogP contribution in [0.25, 0.3) is 0 Å². The van der Waals surface area contributed by atoms with E-state index in [2.05, 4.69) is 10.2 Å². The maximum atomic E-state index is 5.26. The van der Waals surface area contributed by atoms with Gasteiger partial charge in [0, 0.05) is 26.3 Å². The molecule has 1 fully saturated rings. The summed E-state index contributed by atoms with van der Waals surface area (Å²) >= 11 is 0. The lowest BCUT2D eigenvalue weighted by Crippen LogP contribution is -2.30. The summed E-state index contributed by atoms with van der Waals surface area (Å²) in [7, 11) is 0. The molecule has 1 heterocycles. The zero-order chi connectivity index (χ0) is 10.1. The van der Waals surface area contributed by atoms with Crippen LogP contribution in [0, 0.1) is 0 Å². The minimum Gasteiger partial charge on any atom is -0.382 e. The minimum absolute atomic E-state index is 0.841. The van der Waals surface area contributed by atoms with Crippen LogP contribution < -0.4 is 5.32 Å². The predicted molar refractivity (Wildman–Crippen MR) is 59.7 cm³/mol. The highest BCUT2D eigenvalue weighted by molar-refractivity contribution is 4.66. The summed E-state index contributed by atoms with van der Waals surface area (Å²) in [5.74, 6) is 0. The molecule has 0 aliphatic carbocycles. The van der Waals surface area contributed by atoms with Gasteiger partial charge in [-0.2, -0.15) is 0 Å². The zero-order valence-electron chi connectivity index (χ0n) is 9.43. The Kier molecular flexibility index (Phi) is 7.01. The van der Waals surface area contributed by atoms with Gasteiger partial charge in [0.25, 0.3) is 0 Å². The van der Waals surface area contributed by atoms with Crippen LogP contribution in [0.1, 0.15) is 26.2 Å². The van der Waals surface area contributed by atoms with E-state index in [1.807, 2.05) is 6.92 Å². The average Bonchev–Trinajstić information content (AvgIpc) is 2.69. The third-order valence-electron chi connectivity index (χ3n) is 2.65. The van der Waals surface area contributed by atoms with Crippen molar-refractivity contribution in [3.63, 3.8) is 0 Å². The van der Waals surface area contributed by atoms with Crippen LogP contribution in [0.3, 0.4) is 0 Å². The minimum atomic E-state index is 0.841. The maximum Gasteiger partial charge on any atom is 0.0477 e. The van der Waals surface area contributed by atoms with Gasteiger partial charge in [-0.15, -0.1) is 0 Å². The van der Waals surface area contributed by atoms with Gasteiger partial charge < -0.3 is 15.0 Å². The Bertz CT molecular complexity index is 124. The lowest BCUT2D eigenvalue weighted by atomic mass is 10.4. The molecular weight excluding hydrogens is 176 g/mol. The third-order valence-corrected chi connectivity index (χ3v) is 2.65. The monoisotopic (exact) mass is 200 g/mol. The Morgan fingerprint density at radius 2 is 2.00 bits per heavy atom. The molecule has 0 unspecified atom stereocenters. The molecule has 1 rings (SSSR count). The average molecular weight is 200 g/mol. The molecule has 84 valence electrons. The van der Waals surface area contributed by atoms with Gasteiger partial charge in [0.05, 0.1) is 0 Å². The number of rotatable bonds is 8. The van der Waals surface area contributed by atoms with Crippen LogP contribution in [-0.2, 0) is 4.74 Å². The first kappa shape index (κ1) is 12.0. The Morgan fingerprint density at radius 1 is 1.21 bits per heavy atom. The lowest BCUT2D eigenvalue weighted by Gasteiger charge is -2.14. The van der Waals surface area contributed by atoms with Crippen LogP contribution in [-0.4, -0.2) is 50.8 Å². The molecule has 3 nitrogen and oxygen atoms in total. The van der Waals surface area contributed by atoms with E-state index in [9.17, 15) is 0 Å². The largest absolute Gasteiger partial charge is 0.382 e. The van der Waals surface area contributed by atoms with Crippen molar-refractivity contribution in [3.8, 4) is 0 Å². The van der Waals surface area contributed by atoms with Crippen molar-refractivity contribution in [3.05, 3.63) is 0 Å². The molecule has 0 saturated carbocycles. The molecule has 1 saturated heterocycles. The summed E-state index contributed by atoms with van der Waals surface area (Å²) in [4.78, 5) is 2.54. The Labute approximate surface area is 87.8 Å². The Hall–Kier alpha value is -0.120. The molecule has 3 heteroatoms. The quantitative estimate of drug-likeness (QED) is 0.594. The van der Waals surface area contributed by atoms with Crippen molar-refractivity contribution in [1.82, 2.24) is 10.2 Å². The van der Waals surface area contributed by atoms with Crippen molar-refractivity contribution >= 4 is 0 Å². The first-order chi connectivity index (χ1) is 6.93. The molecule has 1 aliphatic heterocycles. The highest BCUT2D eigenvalue weighted by Crippen LogP contribution is 2.05. The number of nitrogens with zero attached hydrogens (tertiary/aromatic N) is 1. The van der Waals surface area contributed by atoms with E-state index in [-0.39, 0.29) is 0 Å². The van der Waals surface area contributed by atoms with E-state index in [4.69, 9.17) is 4.74 Å². The predicted octanol–water partition coefficient (Wildman–Crippen LogP) is 1.10. The van der Waals surface area contributed by atoms with E-state index < -0.39 is 0 Å². The number of hydrogen-bond donors (Lipinski definition) is 1. The summed E-state index contributed by atoms with van der Waals surface area (Å²) in [6, 6.07) is 0. The van der Waals surface area contributed by atoms with Crippen molar-refractivity contribution in [2.75, 3.05) is 45.9 Å². The van der Waals surface area contributed by atoms with E-state index in [0.717, 1.165) is 32.7 Å². The van der Waals surface area contributed by atoms with Gasteiger partial charge in [-0.05, 0) is 45.8 Å². The standard InChI is InChI=1S/C11H24N2O/c1-2-14-11-5-6-12-7-10-13-8-3-4-9-13/h12H,2-11H2,1H3. The maximum absolute atomic E-state index is 5.26. The fourth-order valence-electron chi connectivity index (χ4n) is 1.81. The molecule has 0 atom stereocenters. The summed E-state index contributed by atoms with van der Waals surface area (Å²) < 4.78 is 5.26. The molecular formula is C11H24N2O. The molecule has 1 N–H and O–H groups in total. The van der Waals surface area contributed by atoms with Crippen LogP contribution in [0.4, 0.5) is 0 Å². The molecule has 0 bridgehead atoms. The van der Waals surface area contributed by atoms with Crippen LogP contribution in [0.5, 0.6) is 0 Å². The van der Waals surface area contributed by atoms with Crippen molar-refractivity contribution in [2.24, 2.45) is 0 Å². The fraction of sp³-hybridized carbons (Fsp3) is 1.00. The van der Waals surface area contributed by atoms with Gasteiger partial charge in [0.15, 0.2) is 0 Å². The normalized spacial score (nSPS) is 17.8. The van der Waals surface area contributed by atoms with E-state index in [1.54, 1.807) is 0 Å². The van der Waals surface area contributed by atoms with Gasteiger partial charge in [-0.1, -0.05) is 0 Å². The van der Waals surface area contributed by atoms with Crippen LogP contribution >= 0.6 is 0 Å². The van der Waals surface area contributed by atoms with Gasteiger partial charge in [0.2, 0.25) is 0 Å². The molecule has 0 aromatic carbocycles. The lowest BCUT2D eigenvalue weighted by molar-refractivity contribution is 0.144. The summed E-state index contributed by atoms with van der Waals surface area (Å²) in [5, 5.41) is 3.45. The van der Waals surface area contributed by atoms with E-state index in [1.165, 1.54) is 32.5 Å². The molecule has 0 aromatic rings. The summed E-state index contributed by atoms with van der Waals surface area (Å²) in [6.45, 7) is 9.83. The SMILES string of the molecule is CCOCCCNCCN1CCCC1. The van der Waals surface area contributed by atoms with Crippen molar-refractivity contribution in [2.45, 2.75) is 26.2 Å². The Morgan fingerprint density at radius 3 is 2.71 bits per heavy atom. The van der Waals surface area contributed by atoms with Gasteiger partial charge in [-0.25, -0.2) is 0 Å². The highest BCUT2D eigenvalue weighted by Gasteiger charge is 2.09. The van der Waals surface area contributed by atoms with Gasteiger partial charge in [-0.3, -0.25) is 0 Å². The zero-order valence-corrected chi connectivity index (χ0v) is 9.43. The number of nitrogens with one attached hydrogen (secondary N) is 1. The number of hydrogen-bond acceptors (Lipinski definition) is 3. The molecule has 0 spiro atoms. The molecule has 0 radical (unpaired) electrons. The van der Waals surface area contributed by atoms with Gasteiger partial charge in [0.1, 0.15) is 0 Å². The second-order valence-corrected chi connectivity index (χ2v) is 3.85. The molecule has 1 aliphatic rings. The topological polar surface area (TPSA) is 24.5 Å². The van der Waals surface area contributed by atoms with Crippen molar-refractivity contribution < 1.29 is 4.74 Å². The summed E-state index contributed by atoms with van der Waals surface area (Å²) in [6.07, 6.45) is 3.92. The second kappa shape index (κ2) is 8.21. The smallest absolute Gasteiger partial charge is 0.0477 e. The van der Waals surface area contributed by atoms with E-state index >= 15 is 0 Å². The number of likely N-dealkylation sites (tertiary alicyclic amines) is 1. The third kappa shape index (κ3) is 5.58. The van der Waals surface area contributed by atoms with Gasteiger partial charge >= 0.3 is 0 Å². The fourth-order valence-corrected chi connectivity index (χ4v) is 1.81. The molecule has 0 aromatic heterocycles. The molecule has 0 amide bonds. The van der Waals surface area contributed by atoms with Crippen molar-refractivity contribution in [1.29, 1.82) is 0 Å². The first-order valence-electron chi connectivity index (χ1n) is 5.94. The second-order valence-electron chi connectivity index (χ2n) is 3.85. The first-order valence-corrected chi connectivity index (χ1v) is 5.94. The Balaban J connectivity index is 1.75. The van der Waals surface area contributed by atoms with Crippen LogP contribution in [0.2, 0.25) is 0 Å².